The molecule has 2 N–H and O–H groups in total. The van der Waals surface area contributed by atoms with Crippen LogP contribution in [0.2, 0.25) is 0 Å². The van der Waals surface area contributed by atoms with Crippen molar-refractivity contribution in [3.8, 4) is 0 Å². The van der Waals surface area contributed by atoms with Crippen molar-refractivity contribution in [2.45, 2.75) is 18.7 Å². The minimum Gasteiger partial charge on any atom is -0.355 e. The fraction of sp³-hybridized carbons (Fsp3) is 0.250. The molecule has 0 fully saturated rings. The van der Waals surface area contributed by atoms with Crippen LogP contribution in [-0.2, 0) is 10.0 Å². The monoisotopic (exact) mass is 293 g/mol. The van der Waals surface area contributed by atoms with E-state index < -0.39 is 10.0 Å². The van der Waals surface area contributed by atoms with Gasteiger partial charge in [0.25, 0.3) is 10.0 Å². The Kier molecular flexibility index (Phi) is 4.14. The molecule has 7 nitrogen and oxygen atoms in total. The third-order valence-corrected chi connectivity index (χ3v) is 3.81. The normalized spacial score (nSPS) is 11.1. The first kappa shape index (κ1) is 14.2. The molecule has 2 heterocycles. The van der Waals surface area contributed by atoms with Crippen molar-refractivity contribution in [3.63, 3.8) is 0 Å². The van der Waals surface area contributed by atoms with E-state index in [1.165, 1.54) is 18.6 Å². The van der Waals surface area contributed by atoms with Crippen LogP contribution in [0.3, 0.4) is 0 Å². The maximum Gasteiger partial charge on any atom is 0.266 e. The largest absolute Gasteiger partial charge is 0.355 e. The van der Waals surface area contributed by atoms with Gasteiger partial charge in [0.05, 0.1) is 12.4 Å². The Bertz CT molecular complexity index is 685. The molecule has 2 aromatic rings. The van der Waals surface area contributed by atoms with E-state index in [9.17, 15) is 8.42 Å². The SMILES string of the molecule is CCNc1ncc(S(=O)(=O)Nc2ncccc2C)cn1. The Labute approximate surface area is 117 Å². The number of nitrogens with zero attached hydrogens (tertiary/aromatic N) is 3. The molecule has 0 aliphatic rings. The van der Waals surface area contributed by atoms with Crippen molar-refractivity contribution < 1.29 is 8.42 Å². The van der Waals surface area contributed by atoms with Gasteiger partial charge in [-0.25, -0.2) is 23.4 Å². The molecule has 0 atom stereocenters. The van der Waals surface area contributed by atoms with Crippen LogP contribution in [0.5, 0.6) is 0 Å². The van der Waals surface area contributed by atoms with Crippen LogP contribution in [0.15, 0.2) is 35.6 Å². The van der Waals surface area contributed by atoms with Crippen LogP contribution in [0, 0.1) is 6.92 Å². The number of aromatic nitrogens is 3. The summed E-state index contributed by atoms with van der Waals surface area (Å²) in [6, 6.07) is 3.51. The molecule has 0 saturated carbocycles. The summed E-state index contributed by atoms with van der Waals surface area (Å²) < 4.78 is 26.8. The van der Waals surface area contributed by atoms with Gasteiger partial charge in [0.2, 0.25) is 5.95 Å². The quantitative estimate of drug-likeness (QED) is 0.865. The number of sulfonamides is 1. The van der Waals surface area contributed by atoms with Gasteiger partial charge in [0, 0.05) is 12.7 Å². The van der Waals surface area contributed by atoms with E-state index in [4.69, 9.17) is 0 Å². The van der Waals surface area contributed by atoms with Crippen LogP contribution >= 0.6 is 0 Å². The zero-order valence-corrected chi connectivity index (χ0v) is 12.0. The predicted octanol–water partition coefficient (Wildman–Crippen LogP) is 1.41. The topological polar surface area (TPSA) is 96.9 Å². The third kappa shape index (κ3) is 3.21. The standard InChI is InChI=1S/C12H15N5O2S/c1-3-13-12-15-7-10(8-16-12)20(18,19)17-11-9(2)5-4-6-14-11/h4-8H,3H2,1-2H3,(H,14,17)(H,13,15,16). The molecular weight excluding hydrogens is 278 g/mol. The molecule has 0 saturated heterocycles. The highest BCUT2D eigenvalue weighted by Gasteiger charge is 2.16. The molecule has 2 rings (SSSR count). The number of aryl methyl sites for hydroxylation is 1. The summed E-state index contributed by atoms with van der Waals surface area (Å²) in [4.78, 5) is 11.9. The van der Waals surface area contributed by atoms with Crippen LogP contribution in [0.25, 0.3) is 0 Å². The van der Waals surface area contributed by atoms with Gasteiger partial charge in [-0.1, -0.05) is 6.07 Å². The summed E-state index contributed by atoms with van der Waals surface area (Å²) in [6.45, 7) is 4.34. The minimum absolute atomic E-state index is 0.00999. The average Bonchev–Trinajstić information content (AvgIpc) is 2.42. The predicted molar refractivity (Wildman–Crippen MR) is 76.0 cm³/mol. The maximum absolute atomic E-state index is 12.2. The highest BCUT2D eigenvalue weighted by Crippen LogP contribution is 2.16. The van der Waals surface area contributed by atoms with Crippen molar-refractivity contribution in [1.82, 2.24) is 15.0 Å². The van der Waals surface area contributed by atoms with E-state index in [-0.39, 0.29) is 4.90 Å². The number of hydrogen-bond acceptors (Lipinski definition) is 6. The lowest BCUT2D eigenvalue weighted by Gasteiger charge is -2.09. The zero-order chi connectivity index (χ0) is 14.6. The highest BCUT2D eigenvalue weighted by molar-refractivity contribution is 7.92. The van der Waals surface area contributed by atoms with E-state index in [1.54, 1.807) is 19.1 Å². The van der Waals surface area contributed by atoms with E-state index in [2.05, 4.69) is 25.0 Å². The van der Waals surface area contributed by atoms with Crippen LogP contribution in [0.4, 0.5) is 11.8 Å². The molecule has 0 aliphatic carbocycles. The van der Waals surface area contributed by atoms with Crippen molar-refractivity contribution in [1.29, 1.82) is 0 Å². The molecule has 0 bridgehead atoms. The molecule has 20 heavy (non-hydrogen) atoms. The Morgan fingerprint density at radius 3 is 2.50 bits per heavy atom. The Morgan fingerprint density at radius 2 is 1.90 bits per heavy atom. The lowest BCUT2D eigenvalue weighted by molar-refractivity contribution is 0.600. The van der Waals surface area contributed by atoms with Gasteiger partial charge >= 0.3 is 0 Å². The van der Waals surface area contributed by atoms with Gasteiger partial charge in [0.15, 0.2) is 0 Å². The molecule has 8 heteroatoms. The molecule has 106 valence electrons. The summed E-state index contributed by atoms with van der Waals surface area (Å²) in [5.41, 5.74) is 0.737. The lowest BCUT2D eigenvalue weighted by atomic mass is 10.3. The Morgan fingerprint density at radius 1 is 1.20 bits per heavy atom. The Balaban J connectivity index is 2.24. The van der Waals surface area contributed by atoms with Gasteiger partial charge in [-0.15, -0.1) is 0 Å². The fourth-order valence-electron chi connectivity index (χ4n) is 1.48. The molecule has 2 aromatic heterocycles. The first-order valence-corrected chi connectivity index (χ1v) is 7.51. The van der Waals surface area contributed by atoms with Crippen LogP contribution in [0.1, 0.15) is 12.5 Å². The van der Waals surface area contributed by atoms with Crippen molar-refractivity contribution in [2.75, 3.05) is 16.6 Å². The average molecular weight is 293 g/mol. The Hall–Kier alpha value is -2.22. The molecule has 0 unspecified atom stereocenters. The van der Waals surface area contributed by atoms with Crippen LogP contribution < -0.4 is 10.0 Å². The van der Waals surface area contributed by atoms with Gasteiger partial charge < -0.3 is 5.32 Å². The second kappa shape index (κ2) is 5.83. The number of pyridine rings is 1. The summed E-state index contributed by atoms with van der Waals surface area (Å²) in [5, 5.41) is 2.90. The first-order chi connectivity index (χ1) is 9.53. The molecular formula is C12H15N5O2S. The van der Waals surface area contributed by atoms with Crippen LogP contribution in [-0.4, -0.2) is 29.9 Å². The van der Waals surface area contributed by atoms with E-state index >= 15 is 0 Å². The van der Waals surface area contributed by atoms with E-state index in [0.29, 0.717) is 18.3 Å². The molecule has 0 amide bonds. The van der Waals surface area contributed by atoms with Gasteiger partial charge in [-0.05, 0) is 25.5 Å². The zero-order valence-electron chi connectivity index (χ0n) is 11.2. The summed E-state index contributed by atoms with van der Waals surface area (Å²) >= 11 is 0. The lowest BCUT2D eigenvalue weighted by Crippen LogP contribution is -2.15. The van der Waals surface area contributed by atoms with Gasteiger partial charge in [0.1, 0.15) is 10.7 Å². The molecule has 0 radical (unpaired) electrons. The van der Waals surface area contributed by atoms with Crippen molar-refractivity contribution >= 4 is 21.8 Å². The highest BCUT2D eigenvalue weighted by atomic mass is 32.2. The molecule has 0 aliphatic heterocycles. The number of anilines is 2. The fourth-order valence-corrected chi connectivity index (χ4v) is 2.45. The van der Waals surface area contributed by atoms with Crippen molar-refractivity contribution in [2.24, 2.45) is 0 Å². The first-order valence-electron chi connectivity index (χ1n) is 6.03. The summed E-state index contributed by atoms with van der Waals surface area (Å²) in [7, 11) is -3.73. The molecule has 0 spiro atoms. The number of hydrogen-bond donors (Lipinski definition) is 2. The minimum atomic E-state index is -3.73. The molecule has 0 aromatic carbocycles. The van der Waals surface area contributed by atoms with Crippen molar-refractivity contribution in [3.05, 3.63) is 36.3 Å². The third-order valence-electron chi connectivity index (χ3n) is 2.51. The summed E-state index contributed by atoms with van der Waals surface area (Å²) in [6.07, 6.45) is 4.03. The van der Waals surface area contributed by atoms with Gasteiger partial charge in [-0.3, -0.25) is 4.72 Å². The van der Waals surface area contributed by atoms with E-state index in [0.717, 1.165) is 5.56 Å². The number of rotatable bonds is 5. The van der Waals surface area contributed by atoms with E-state index in [1.807, 2.05) is 6.92 Å². The smallest absolute Gasteiger partial charge is 0.266 e. The summed E-state index contributed by atoms with van der Waals surface area (Å²) in [5.74, 6) is 0.684. The van der Waals surface area contributed by atoms with Gasteiger partial charge in [-0.2, -0.15) is 0 Å². The second-order valence-electron chi connectivity index (χ2n) is 4.05. The second-order valence-corrected chi connectivity index (χ2v) is 5.73. The number of nitrogens with one attached hydrogen (secondary N) is 2. The maximum atomic E-state index is 12.2.